The maximum atomic E-state index is 12.1. The van der Waals surface area contributed by atoms with Gasteiger partial charge in [-0.3, -0.25) is 0 Å². The van der Waals surface area contributed by atoms with Crippen LogP contribution in [0.2, 0.25) is 18.1 Å². The number of allylic oxidation sites excluding steroid dienone is 4. The highest BCUT2D eigenvalue weighted by molar-refractivity contribution is 6.74. The second-order valence-electron chi connectivity index (χ2n) is 10.9. The number of aromatic hydroxyl groups is 1. The van der Waals surface area contributed by atoms with Gasteiger partial charge in [0, 0.05) is 5.56 Å². The van der Waals surface area contributed by atoms with Crippen molar-refractivity contribution in [1.29, 1.82) is 0 Å². The first-order chi connectivity index (χ1) is 15.2. The third-order valence-corrected chi connectivity index (χ3v) is 11.0. The standard InChI is InChI=1S/C28H46O4Si/c1-10-11-12-16-22-19-24(32-33(8,9)28(5,6)7)23(26(29)25(22)27(30)31)18-17-21(4)15-13-14-20(2)3/h14,17,19,29H,10-13,15-16,18H2,1-9H3,(H,30,31)/b21-17+. The van der Waals surface area contributed by atoms with Crippen LogP contribution < -0.4 is 4.43 Å². The zero-order valence-electron chi connectivity index (χ0n) is 22.4. The summed E-state index contributed by atoms with van der Waals surface area (Å²) in [5.74, 6) is -0.578. The molecule has 0 fully saturated rings. The third-order valence-electron chi connectivity index (χ3n) is 6.63. The molecule has 0 heterocycles. The second kappa shape index (κ2) is 12.4. The molecule has 0 aromatic heterocycles. The van der Waals surface area contributed by atoms with Crippen molar-refractivity contribution in [1.82, 2.24) is 0 Å². The van der Waals surface area contributed by atoms with E-state index in [1.807, 2.05) is 6.07 Å². The van der Waals surface area contributed by atoms with Crippen molar-refractivity contribution in [3.63, 3.8) is 0 Å². The number of hydrogen-bond acceptors (Lipinski definition) is 3. The Labute approximate surface area is 202 Å². The molecule has 1 aromatic rings. The summed E-state index contributed by atoms with van der Waals surface area (Å²) in [6, 6.07) is 1.89. The SMILES string of the molecule is CCCCCc1cc(O[Si](C)(C)C(C)(C)C)c(C/C=C(\C)CCC=C(C)C)c(O)c1C(=O)O. The fourth-order valence-electron chi connectivity index (χ4n) is 3.42. The van der Waals surface area contributed by atoms with Crippen molar-refractivity contribution in [2.75, 3.05) is 0 Å². The van der Waals surface area contributed by atoms with Gasteiger partial charge in [0.15, 0.2) is 0 Å². The van der Waals surface area contributed by atoms with Crippen LogP contribution in [-0.2, 0) is 12.8 Å². The molecule has 0 aliphatic rings. The predicted octanol–water partition coefficient (Wildman–Crippen LogP) is 8.44. The quantitative estimate of drug-likeness (QED) is 0.181. The molecular weight excluding hydrogens is 428 g/mol. The van der Waals surface area contributed by atoms with E-state index >= 15 is 0 Å². The van der Waals surface area contributed by atoms with Gasteiger partial charge in [-0.2, -0.15) is 0 Å². The summed E-state index contributed by atoms with van der Waals surface area (Å²) >= 11 is 0. The normalized spacial score (nSPS) is 12.6. The molecule has 0 unspecified atom stereocenters. The van der Waals surface area contributed by atoms with Crippen LogP contribution in [0.15, 0.2) is 29.4 Å². The number of benzene rings is 1. The lowest BCUT2D eigenvalue weighted by Gasteiger charge is -2.37. The van der Waals surface area contributed by atoms with Crippen LogP contribution in [0.1, 0.15) is 102 Å². The van der Waals surface area contributed by atoms with Gasteiger partial charge in [-0.25, -0.2) is 4.79 Å². The summed E-state index contributed by atoms with van der Waals surface area (Å²) in [7, 11) is -2.18. The molecule has 0 saturated carbocycles. The summed E-state index contributed by atoms with van der Waals surface area (Å²) in [5.41, 5.74) is 3.79. The minimum atomic E-state index is -2.18. The molecule has 0 saturated heterocycles. The smallest absolute Gasteiger partial charge is 0.339 e. The van der Waals surface area contributed by atoms with Crippen LogP contribution in [0.5, 0.6) is 11.5 Å². The number of phenols is 1. The van der Waals surface area contributed by atoms with Crippen LogP contribution in [0.3, 0.4) is 0 Å². The van der Waals surface area contributed by atoms with Gasteiger partial charge in [-0.05, 0) is 82.6 Å². The van der Waals surface area contributed by atoms with E-state index in [9.17, 15) is 15.0 Å². The van der Waals surface area contributed by atoms with Crippen molar-refractivity contribution in [2.24, 2.45) is 0 Å². The van der Waals surface area contributed by atoms with E-state index < -0.39 is 14.3 Å². The lowest BCUT2D eigenvalue weighted by molar-refractivity contribution is 0.0692. The van der Waals surface area contributed by atoms with E-state index in [-0.39, 0.29) is 16.4 Å². The van der Waals surface area contributed by atoms with Crippen LogP contribution >= 0.6 is 0 Å². The number of carboxylic acid groups (broad SMARTS) is 1. The lowest BCUT2D eigenvalue weighted by Crippen LogP contribution is -2.44. The molecule has 5 heteroatoms. The van der Waals surface area contributed by atoms with Crippen molar-refractivity contribution in [2.45, 2.75) is 112 Å². The Morgan fingerprint density at radius 3 is 2.27 bits per heavy atom. The molecule has 0 atom stereocenters. The summed E-state index contributed by atoms with van der Waals surface area (Å²) in [5, 5.41) is 21.1. The highest BCUT2D eigenvalue weighted by Crippen LogP contribution is 2.42. The van der Waals surface area contributed by atoms with Gasteiger partial charge in [0.05, 0.1) is 0 Å². The molecule has 186 valence electrons. The van der Waals surface area contributed by atoms with Crippen LogP contribution in [0, 0.1) is 0 Å². The second-order valence-corrected chi connectivity index (χ2v) is 15.7. The molecule has 1 aromatic carbocycles. The number of aromatic carboxylic acids is 1. The predicted molar refractivity (Wildman–Crippen MR) is 142 cm³/mol. The fraction of sp³-hybridized carbons (Fsp3) is 0.607. The summed E-state index contributed by atoms with van der Waals surface area (Å²) < 4.78 is 6.65. The molecule has 0 amide bonds. The molecule has 0 aliphatic heterocycles. The van der Waals surface area contributed by atoms with Gasteiger partial charge in [-0.1, -0.05) is 63.8 Å². The molecule has 0 bridgehead atoms. The van der Waals surface area contributed by atoms with E-state index in [0.29, 0.717) is 29.7 Å². The number of unbranched alkanes of at least 4 members (excludes halogenated alkanes) is 2. The van der Waals surface area contributed by atoms with Gasteiger partial charge in [0.25, 0.3) is 0 Å². The minimum absolute atomic E-state index is 0.0101. The summed E-state index contributed by atoms with van der Waals surface area (Å²) in [4.78, 5) is 12.1. The molecule has 33 heavy (non-hydrogen) atoms. The van der Waals surface area contributed by atoms with Crippen molar-refractivity contribution in [3.05, 3.63) is 46.1 Å². The molecule has 0 spiro atoms. The zero-order chi connectivity index (χ0) is 25.4. The van der Waals surface area contributed by atoms with Crippen LogP contribution in [0.4, 0.5) is 0 Å². The van der Waals surface area contributed by atoms with E-state index in [2.05, 4.69) is 73.7 Å². The van der Waals surface area contributed by atoms with Crippen LogP contribution in [0.25, 0.3) is 0 Å². The average Bonchev–Trinajstić information content (AvgIpc) is 2.65. The Morgan fingerprint density at radius 2 is 1.76 bits per heavy atom. The molecule has 4 nitrogen and oxygen atoms in total. The van der Waals surface area contributed by atoms with Crippen molar-refractivity contribution >= 4 is 14.3 Å². The Morgan fingerprint density at radius 1 is 1.12 bits per heavy atom. The van der Waals surface area contributed by atoms with Gasteiger partial charge in [0.1, 0.15) is 17.1 Å². The van der Waals surface area contributed by atoms with Gasteiger partial charge in [0.2, 0.25) is 8.32 Å². The number of carboxylic acids is 1. The Balaban J connectivity index is 3.50. The highest BCUT2D eigenvalue weighted by atomic mass is 28.4. The first-order valence-electron chi connectivity index (χ1n) is 12.3. The average molecular weight is 475 g/mol. The minimum Gasteiger partial charge on any atom is -0.543 e. The molecule has 1 rings (SSSR count). The monoisotopic (exact) mass is 474 g/mol. The zero-order valence-corrected chi connectivity index (χ0v) is 23.4. The number of hydrogen-bond donors (Lipinski definition) is 2. The maximum Gasteiger partial charge on any atom is 0.339 e. The van der Waals surface area contributed by atoms with E-state index in [4.69, 9.17) is 4.43 Å². The third kappa shape index (κ3) is 8.69. The van der Waals surface area contributed by atoms with E-state index in [0.717, 1.165) is 32.1 Å². The van der Waals surface area contributed by atoms with Gasteiger partial charge in [-0.15, -0.1) is 0 Å². The lowest BCUT2D eigenvalue weighted by atomic mass is 9.95. The van der Waals surface area contributed by atoms with Gasteiger partial charge < -0.3 is 14.6 Å². The molecule has 0 radical (unpaired) electrons. The Hall–Kier alpha value is -2.01. The van der Waals surface area contributed by atoms with Crippen molar-refractivity contribution < 1.29 is 19.4 Å². The largest absolute Gasteiger partial charge is 0.543 e. The maximum absolute atomic E-state index is 12.1. The Bertz CT molecular complexity index is 869. The molecular formula is C28H46O4Si. The number of aryl methyl sites for hydroxylation is 1. The first kappa shape index (κ1) is 29.0. The van der Waals surface area contributed by atoms with E-state index in [1.54, 1.807) is 0 Å². The topological polar surface area (TPSA) is 66.8 Å². The highest BCUT2D eigenvalue weighted by Gasteiger charge is 2.40. The molecule has 0 aliphatic carbocycles. The number of rotatable bonds is 12. The summed E-state index contributed by atoms with van der Waals surface area (Å²) in [6.45, 7) is 19.3. The summed E-state index contributed by atoms with van der Waals surface area (Å²) in [6.07, 6.45) is 10.2. The van der Waals surface area contributed by atoms with Crippen LogP contribution in [-0.4, -0.2) is 24.5 Å². The van der Waals surface area contributed by atoms with E-state index in [1.165, 1.54) is 11.1 Å². The fourth-order valence-corrected chi connectivity index (χ4v) is 4.46. The Kier molecular flexibility index (Phi) is 10.9. The molecule has 2 N–H and O–H groups in total. The van der Waals surface area contributed by atoms with Crippen molar-refractivity contribution in [3.8, 4) is 11.5 Å². The first-order valence-corrected chi connectivity index (χ1v) is 15.2. The number of carbonyl (C=O) groups is 1. The van der Waals surface area contributed by atoms with Gasteiger partial charge >= 0.3 is 5.97 Å².